The number of aryl methyl sites for hydroxylation is 2. The summed E-state index contributed by atoms with van der Waals surface area (Å²) in [5.74, 6) is 0. The molecule has 0 radical (unpaired) electrons. The lowest BCUT2D eigenvalue weighted by molar-refractivity contribution is 0.204. The molecular weight excluding hydrogens is 316 g/mol. The van der Waals surface area contributed by atoms with E-state index in [4.69, 9.17) is 0 Å². The number of carbonyl (C=O) groups is 1. The second-order valence-electron chi connectivity index (χ2n) is 6.30. The van der Waals surface area contributed by atoms with Crippen LogP contribution in [0.4, 0.5) is 4.79 Å². The number of urea groups is 1. The molecule has 0 spiro atoms. The van der Waals surface area contributed by atoms with Gasteiger partial charge in [0.2, 0.25) is 0 Å². The van der Waals surface area contributed by atoms with Crippen LogP contribution in [-0.2, 0) is 16.9 Å². The van der Waals surface area contributed by atoms with Gasteiger partial charge in [0, 0.05) is 37.7 Å². The van der Waals surface area contributed by atoms with Crippen LogP contribution in [0.2, 0.25) is 0 Å². The minimum atomic E-state index is -3.10. The largest absolute Gasteiger partial charge is 0.331 e. The van der Waals surface area contributed by atoms with E-state index >= 15 is 0 Å². The van der Waals surface area contributed by atoms with E-state index in [1.165, 1.54) is 6.26 Å². The number of hydrogen-bond donors (Lipinski definition) is 1. The number of likely N-dealkylation sites (tertiary alicyclic amines) is 1. The number of nitrogens with one attached hydrogen (secondary N) is 1. The van der Waals surface area contributed by atoms with E-state index in [-0.39, 0.29) is 18.6 Å². The molecule has 0 bridgehead atoms. The molecule has 1 aromatic rings. The summed E-state index contributed by atoms with van der Waals surface area (Å²) < 4.78 is 25.1. The van der Waals surface area contributed by atoms with Gasteiger partial charge in [-0.15, -0.1) is 0 Å². The number of hydrogen-bond acceptors (Lipinski definition) is 4. The first kappa shape index (κ1) is 17.8. The Morgan fingerprint density at radius 1 is 1.43 bits per heavy atom. The molecule has 1 N–H and O–H groups in total. The monoisotopic (exact) mass is 342 g/mol. The Morgan fingerprint density at radius 3 is 2.52 bits per heavy atom. The summed E-state index contributed by atoms with van der Waals surface area (Å²) >= 11 is 0. The average molecular weight is 342 g/mol. The molecule has 8 heteroatoms. The van der Waals surface area contributed by atoms with Crippen molar-refractivity contribution in [3.05, 3.63) is 17.0 Å². The second-order valence-corrected chi connectivity index (χ2v) is 8.63. The highest BCUT2D eigenvalue weighted by Crippen LogP contribution is 2.24. The van der Waals surface area contributed by atoms with Crippen molar-refractivity contribution in [1.29, 1.82) is 0 Å². The van der Waals surface area contributed by atoms with Crippen LogP contribution in [0.25, 0.3) is 0 Å². The van der Waals surface area contributed by atoms with Gasteiger partial charge in [0.1, 0.15) is 0 Å². The van der Waals surface area contributed by atoms with E-state index in [0.29, 0.717) is 13.0 Å². The predicted octanol–water partition coefficient (Wildman–Crippen LogP) is 1.32. The minimum absolute atomic E-state index is 0.117. The van der Waals surface area contributed by atoms with Gasteiger partial charge in [0.05, 0.1) is 17.0 Å². The van der Waals surface area contributed by atoms with Crippen LogP contribution in [0.1, 0.15) is 42.8 Å². The van der Waals surface area contributed by atoms with Gasteiger partial charge in [0.15, 0.2) is 9.84 Å². The highest BCUT2D eigenvalue weighted by Gasteiger charge is 2.33. The molecule has 0 aromatic carbocycles. The lowest BCUT2D eigenvalue weighted by Crippen LogP contribution is -2.41. The molecule has 0 unspecified atom stereocenters. The van der Waals surface area contributed by atoms with Crippen LogP contribution in [0, 0.1) is 13.8 Å². The van der Waals surface area contributed by atoms with Crippen molar-refractivity contribution in [2.45, 2.75) is 44.9 Å². The van der Waals surface area contributed by atoms with Gasteiger partial charge in [-0.25, -0.2) is 13.2 Å². The lowest BCUT2D eigenvalue weighted by Gasteiger charge is -2.23. The zero-order chi connectivity index (χ0) is 17.4. The molecule has 1 aliphatic rings. The van der Waals surface area contributed by atoms with Crippen molar-refractivity contribution in [2.24, 2.45) is 7.05 Å². The molecule has 130 valence electrons. The van der Waals surface area contributed by atoms with Crippen molar-refractivity contribution in [3.8, 4) is 0 Å². The van der Waals surface area contributed by atoms with E-state index in [1.807, 2.05) is 32.5 Å². The molecule has 2 rings (SSSR count). The molecule has 0 saturated carbocycles. The fourth-order valence-corrected chi connectivity index (χ4v) is 4.16. The van der Waals surface area contributed by atoms with Crippen LogP contribution in [0.3, 0.4) is 0 Å². The third kappa shape index (κ3) is 3.68. The lowest BCUT2D eigenvalue weighted by atomic mass is 10.0. The maximum Gasteiger partial charge on any atom is 0.317 e. The fourth-order valence-electron chi connectivity index (χ4n) is 3.18. The summed E-state index contributed by atoms with van der Waals surface area (Å²) in [6.07, 6.45) is 2.49. The number of rotatable bonds is 4. The highest BCUT2D eigenvalue weighted by atomic mass is 32.2. The van der Waals surface area contributed by atoms with E-state index in [1.54, 1.807) is 4.90 Å². The van der Waals surface area contributed by atoms with Crippen LogP contribution in [0.5, 0.6) is 0 Å². The van der Waals surface area contributed by atoms with Gasteiger partial charge >= 0.3 is 6.03 Å². The standard InChI is InChI=1S/C15H26N4O3S/c1-6-13(14-10(2)17-18(4)11(14)3)16-15(20)19-8-7-12(9-19)23(5,21)22/h12-13H,6-9H2,1-5H3,(H,16,20)/t12-,13+/m1/s1. The van der Waals surface area contributed by atoms with E-state index < -0.39 is 15.1 Å². The Morgan fingerprint density at radius 2 is 2.09 bits per heavy atom. The number of amides is 2. The molecule has 2 heterocycles. The SMILES string of the molecule is CC[C@H](NC(=O)N1CC[C@@H](S(C)(=O)=O)C1)c1c(C)nn(C)c1C. The molecule has 1 aromatic heterocycles. The number of sulfone groups is 1. The summed E-state index contributed by atoms with van der Waals surface area (Å²) in [7, 11) is -1.21. The Labute approximate surface area is 138 Å². The van der Waals surface area contributed by atoms with Gasteiger partial charge < -0.3 is 10.2 Å². The van der Waals surface area contributed by atoms with Gasteiger partial charge in [-0.2, -0.15) is 5.10 Å². The highest BCUT2D eigenvalue weighted by molar-refractivity contribution is 7.91. The molecular formula is C15H26N4O3S. The number of nitrogens with zero attached hydrogens (tertiary/aromatic N) is 3. The van der Waals surface area contributed by atoms with E-state index in [0.717, 1.165) is 23.4 Å². The van der Waals surface area contributed by atoms with E-state index in [2.05, 4.69) is 10.4 Å². The summed E-state index contributed by atoms with van der Waals surface area (Å²) in [6.45, 7) is 6.68. The first-order valence-electron chi connectivity index (χ1n) is 7.89. The fraction of sp³-hybridized carbons (Fsp3) is 0.733. The van der Waals surface area contributed by atoms with Crippen molar-refractivity contribution < 1.29 is 13.2 Å². The summed E-state index contributed by atoms with van der Waals surface area (Å²) in [5.41, 5.74) is 2.99. The van der Waals surface area contributed by atoms with Crippen molar-refractivity contribution >= 4 is 15.9 Å². The Bertz CT molecular complexity index is 696. The molecule has 2 atom stereocenters. The number of aromatic nitrogens is 2. The van der Waals surface area contributed by atoms with Crippen molar-refractivity contribution in [2.75, 3.05) is 19.3 Å². The smallest absolute Gasteiger partial charge is 0.317 e. The average Bonchev–Trinajstić information content (AvgIpc) is 3.03. The second kappa shape index (κ2) is 6.51. The van der Waals surface area contributed by atoms with Crippen LogP contribution >= 0.6 is 0 Å². The van der Waals surface area contributed by atoms with Gasteiger partial charge in [-0.05, 0) is 26.7 Å². The van der Waals surface area contributed by atoms with Crippen molar-refractivity contribution in [1.82, 2.24) is 20.0 Å². The van der Waals surface area contributed by atoms with Crippen LogP contribution < -0.4 is 5.32 Å². The minimum Gasteiger partial charge on any atom is -0.331 e. The molecule has 1 aliphatic heterocycles. The molecule has 1 saturated heterocycles. The summed E-state index contributed by atoms with van der Waals surface area (Å²) in [4.78, 5) is 14.1. The first-order chi connectivity index (χ1) is 10.6. The quantitative estimate of drug-likeness (QED) is 0.894. The summed E-state index contributed by atoms with van der Waals surface area (Å²) in [5, 5.41) is 6.98. The molecule has 2 amide bonds. The maximum atomic E-state index is 12.5. The third-order valence-electron chi connectivity index (χ3n) is 4.66. The zero-order valence-corrected chi connectivity index (χ0v) is 15.3. The maximum absolute atomic E-state index is 12.5. The topological polar surface area (TPSA) is 84.3 Å². The Hall–Kier alpha value is -1.57. The normalized spacial score (nSPS) is 19.9. The Kier molecular flexibility index (Phi) is 5.03. The molecule has 1 fully saturated rings. The van der Waals surface area contributed by atoms with Gasteiger partial charge in [-0.1, -0.05) is 6.92 Å². The van der Waals surface area contributed by atoms with Crippen LogP contribution in [-0.4, -0.2) is 53.7 Å². The van der Waals surface area contributed by atoms with Crippen LogP contribution in [0.15, 0.2) is 0 Å². The predicted molar refractivity (Wildman–Crippen MR) is 89.1 cm³/mol. The first-order valence-corrected chi connectivity index (χ1v) is 9.85. The third-order valence-corrected chi connectivity index (χ3v) is 6.25. The molecule has 23 heavy (non-hydrogen) atoms. The van der Waals surface area contributed by atoms with E-state index in [9.17, 15) is 13.2 Å². The number of carbonyl (C=O) groups excluding carboxylic acids is 1. The zero-order valence-electron chi connectivity index (χ0n) is 14.5. The van der Waals surface area contributed by atoms with Crippen molar-refractivity contribution in [3.63, 3.8) is 0 Å². The molecule has 7 nitrogen and oxygen atoms in total. The summed E-state index contributed by atoms with van der Waals surface area (Å²) in [6, 6.07) is -0.320. The van der Waals surface area contributed by atoms with Gasteiger partial charge in [-0.3, -0.25) is 4.68 Å². The molecule has 0 aliphatic carbocycles. The Balaban J connectivity index is 2.09. The van der Waals surface area contributed by atoms with Gasteiger partial charge in [0.25, 0.3) is 0 Å².